The van der Waals surface area contributed by atoms with Gasteiger partial charge in [0.15, 0.2) is 0 Å². The highest BCUT2D eigenvalue weighted by atomic mass is 16.5. The van der Waals surface area contributed by atoms with Gasteiger partial charge in [-0.2, -0.15) is 5.26 Å². The van der Waals surface area contributed by atoms with E-state index < -0.39 is 11.6 Å². The third-order valence-electron chi connectivity index (χ3n) is 2.26. The van der Waals surface area contributed by atoms with Gasteiger partial charge in [-0.25, -0.2) is 0 Å². The predicted molar refractivity (Wildman–Crippen MR) is 58.1 cm³/mol. The molecule has 0 radical (unpaired) electrons. The molecule has 1 amide bonds. The standard InChI is InChI=1S/C11H20N2O2/c1-8(2)9(7-12)13-10(14)6-11(3,4)15-5/h8-9H,6H2,1-5H3,(H,13,14). The van der Waals surface area contributed by atoms with Crippen LogP contribution in [0.15, 0.2) is 0 Å². The zero-order valence-corrected chi connectivity index (χ0v) is 10.1. The first-order chi connectivity index (χ1) is 6.82. The van der Waals surface area contributed by atoms with Gasteiger partial charge in [-0.15, -0.1) is 0 Å². The van der Waals surface area contributed by atoms with Gasteiger partial charge in [0.25, 0.3) is 0 Å². The third-order valence-corrected chi connectivity index (χ3v) is 2.26. The Morgan fingerprint density at radius 1 is 1.53 bits per heavy atom. The number of nitrogens with zero attached hydrogens (tertiary/aromatic N) is 1. The lowest BCUT2D eigenvalue weighted by Gasteiger charge is -2.23. The lowest BCUT2D eigenvalue weighted by molar-refractivity contribution is -0.126. The van der Waals surface area contributed by atoms with E-state index >= 15 is 0 Å². The van der Waals surface area contributed by atoms with Gasteiger partial charge in [-0.1, -0.05) is 13.8 Å². The van der Waals surface area contributed by atoms with Crippen LogP contribution >= 0.6 is 0 Å². The smallest absolute Gasteiger partial charge is 0.223 e. The molecule has 0 saturated carbocycles. The lowest BCUT2D eigenvalue weighted by Crippen LogP contribution is -2.41. The zero-order chi connectivity index (χ0) is 12.1. The van der Waals surface area contributed by atoms with Crippen molar-refractivity contribution < 1.29 is 9.53 Å². The molecule has 0 aliphatic heterocycles. The number of ether oxygens (including phenoxy) is 1. The number of amides is 1. The molecule has 0 rings (SSSR count). The molecule has 0 bridgehead atoms. The number of carbonyl (C=O) groups is 1. The van der Waals surface area contributed by atoms with Crippen molar-refractivity contribution >= 4 is 5.91 Å². The number of carbonyl (C=O) groups excluding carboxylic acids is 1. The number of methoxy groups -OCH3 is 1. The van der Waals surface area contributed by atoms with E-state index in [0.29, 0.717) is 0 Å². The maximum absolute atomic E-state index is 11.5. The molecule has 0 aromatic heterocycles. The van der Waals surface area contributed by atoms with Gasteiger partial charge in [0.2, 0.25) is 5.91 Å². The first-order valence-electron chi connectivity index (χ1n) is 5.06. The quantitative estimate of drug-likeness (QED) is 0.750. The molecule has 86 valence electrons. The number of rotatable bonds is 5. The highest BCUT2D eigenvalue weighted by molar-refractivity contribution is 5.77. The normalized spacial score (nSPS) is 13.4. The monoisotopic (exact) mass is 212 g/mol. The fourth-order valence-electron chi connectivity index (χ4n) is 1.03. The molecule has 1 N–H and O–H groups in total. The Balaban J connectivity index is 4.21. The van der Waals surface area contributed by atoms with Crippen molar-refractivity contribution in [3.63, 3.8) is 0 Å². The van der Waals surface area contributed by atoms with E-state index in [1.165, 1.54) is 0 Å². The van der Waals surface area contributed by atoms with Crippen molar-refractivity contribution in [3.05, 3.63) is 0 Å². The van der Waals surface area contributed by atoms with E-state index in [0.717, 1.165) is 0 Å². The molecule has 0 spiro atoms. The average molecular weight is 212 g/mol. The Morgan fingerprint density at radius 2 is 2.07 bits per heavy atom. The summed E-state index contributed by atoms with van der Waals surface area (Å²) in [5, 5.41) is 11.5. The number of hydrogen-bond donors (Lipinski definition) is 1. The molecule has 1 unspecified atom stereocenters. The second-order valence-corrected chi connectivity index (χ2v) is 4.56. The van der Waals surface area contributed by atoms with Crippen LogP contribution in [0.25, 0.3) is 0 Å². The van der Waals surface area contributed by atoms with Crippen molar-refractivity contribution in [1.29, 1.82) is 5.26 Å². The summed E-state index contributed by atoms with van der Waals surface area (Å²) < 4.78 is 5.14. The number of hydrogen-bond acceptors (Lipinski definition) is 3. The van der Waals surface area contributed by atoms with E-state index in [1.54, 1.807) is 7.11 Å². The van der Waals surface area contributed by atoms with Crippen molar-refractivity contribution in [1.82, 2.24) is 5.32 Å². The first-order valence-corrected chi connectivity index (χ1v) is 5.06. The highest BCUT2D eigenvalue weighted by Gasteiger charge is 2.23. The molecular formula is C11H20N2O2. The molecule has 0 fully saturated rings. The molecule has 0 aromatic rings. The van der Waals surface area contributed by atoms with Crippen LogP contribution in [0, 0.1) is 17.2 Å². The summed E-state index contributed by atoms with van der Waals surface area (Å²) in [7, 11) is 1.57. The molecular weight excluding hydrogens is 192 g/mol. The Labute approximate surface area is 91.6 Å². The summed E-state index contributed by atoms with van der Waals surface area (Å²) in [6.45, 7) is 7.47. The number of nitriles is 1. The fraction of sp³-hybridized carbons (Fsp3) is 0.818. The number of nitrogens with one attached hydrogen (secondary N) is 1. The minimum atomic E-state index is -0.485. The Kier molecular flexibility index (Phi) is 5.31. The summed E-state index contributed by atoms with van der Waals surface area (Å²) in [5.74, 6) is -0.0355. The maximum Gasteiger partial charge on any atom is 0.223 e. The first kappa shape index (κ1) is 13.9. The Bertz CT molecular complexity index is 254. The van der Waals surface area contributed by atoms with E-state index in [9.17, 15) is 4.79 Å². The van der Waals surface area contributed by atoms with Crippen LogP contribution in [0.5, 0.6) is 0 Å². The Hall–Kier alpha value is -1.08. The second-order valence-electron chi connectivity index (χ2n) is 4.56. The van der Waals surface area contributed by atoms with Gasteiger partial charge in [0.05, 0.1) is 18.1 Å². The lowest BCUT2D eigenvalue weighted by atomic mass is 10.0. The molecule has 0 aliphatic rings. The van der Waals surface area contributed by atoms with Crippen LogP contribution in [0.4, 0.5) is 0 Å². The summed E-state index contributed by atoms with van der Waals surface area (Å²) >= 11 is 0. The van der Waals surface area contributed by atoms with Crippen molar-refractivity contribution in [2.45, 2.75) is 45.8 Å². The average Bonchev–Trinajstić information content (AvgIpc) is 2.13. The van der Waals surface area contributed by atoms with Gasteiger partial charge < -0.3 is 10.1 Å². The van der Waals surface area contributed by atoms with Gasteiger partial charge >= 0.3 is 0 Å². The van der Waals surface area contributed by atoms with Gasteiger partial charge in [-0.3, -0.25) is 4.79 Å². The molecule has 0 aromatic carbocycles. The zero-order valence-electron chi connectivity index (χ0n) is 10.1. The Morgan fingerprint density at radius 3 is 2.40 bits per heavy atom. The molecule has 1 atom stereocenters. The fourth-order valence-corrected chi connectivity index (χ4v) is 1.03. The topological polar surface area (TPSA) is 62.1 Å². The van der Waals surface area contributed by atoms with Crippen molar-refractivity contribution in [2.24, 2.45) is 5.92 Å². The molecule has 0 heterocycles. The van der Waals surface area contributed by atoms with E-state index in [2.05, 4.69) is 11.4 Å². The minimum absolute atomic E-state index is 0.115. The van der Waals surface area contributed by atoms with Gasteiger partial charge in [0.1, 0.15) is 6.04 Å². The van der Waals surface area contributed by atoms with Crippen LogP contribution in [-0.4, -0.2) is 24.7 Å². The largest absolute Gasteiger partial charge is 0.378 e. The molecule has 0 aliphatic carbocycles. The molecule has 15 heavy (non-hydrogen) atoms. The summed E-state index contributed by atoms with van der Waals surface area (Å²) in [6, 6.07) is 1.64. The van der Waals surface area contributed by atoms with Crippen molar-refractivity contribution in [2.75, 3.05) is 7.11 Å². The van der Waals surface area contributed by atoms with Crippen LogP contribution in [-0.2, 0) is 9.53 Å². The molecule has 4 heteroatoms. The van der Waals surface area contributed by atoms with Crippen molar-refractivity contribution in [3.8, 4) is 6.07 Å². The maximum atomic E-state index is 11.5. The van der Waals surface area contributed by atoms with E-state index in [4.69, 9.17) is 10.00 Å². The van der Waals surface area contributed by atoms with Gasteiger partial charge in [-0.05, 0) is 19.8 Å². The SMILES string of the molecule is COC(C)(C)CC(=O)NC(C#N)C(C)C. The van der Waals surface area contributed by atoms with Crippen LogP contribution in [0.2, 0.25) is 0 Å². The molecule has 0 saturated heterocycles. The summed E-state index contributed by atoms with van der Waals surface area (Å²) in [5.41, 5.74) is -0.485. The molecule has 4 nitrogen and oxygen atoms in total. The second kappa shape index (κ2) is 5.72. The van der Waals surface area contributed by atoms with Crippen LogP contribution in [0.3, 0.4) is 0 Å². The van der Waals surface area contributed by atoms with E-state index in [-0.39, 0.29) is 18.2 Å². The minimum Gasteiger partial charge on any atom is -0.378 e. The third kappa shape index (κ3) is 5.38. The van der Waals surface area contributed by atoms with E-state index in [1.807, 2.05) is 27.7 Å². The van der Waals surface area contributed by atoms with Crippen LogP contribution < -0.4 is 5.32 Å². The van der Waals surface area contributed by atoms with Crippen LogP contribution in [0.1, 0.15) is 34.1 Å². The highest BCUT2D eigenvalue weighted by Crippen LogP contribution is 2.13. The predicted octanol–water partition coefficient (Wildman–Crippen LogP) is 1.47. The summed E-state index contributed by atoms with van der Waals surface area (Å²) in [4.78, 5) is 11.5. The van der Waals surface area contributed by atoms with Gasteiger partial charge in [0, 0.05) is 7.11 Å². The summed E-state index contributed by atoms with van der Waals surface area (Å²) in [6.07, 6.45) is 0.258.